The van der Waals surface area contributed by atoms with Gasteiger partial charge in [0.15, 0.2) is 6.29 Å². The van der Waals surface area contributed by atoms with Crippen molar-refractivity contribution in [2.75, 3.05) is 39.9 Å². The van der Waals surface area contributed by atoms with Crippen LogP contribution in [-0.2, 0) is 9.47 Å². The maximum atomic E-state index is 11.6. The molecule has 94 valence electrons. The van der Waals surface area contributed by atoms with Gasteiger partial charge in [0.05, 0.1) is 0 Å². The fraction of sp³-hybridized carbons (Fsp3) is 0.909. The molecule has 0 N–H and O–H groups in total. The van der Waals surface area contributed by atoms with Crippen molar-refractivity contribution in [3.8, 4) is 0 Å². The van der Waals surface area contributed by atoms with Gasteiger partial charge in [-0.1, -0.05) is 0 Å². The number of likely N-dealkylation sites (N-methyl/N-ethyl adjacent to an activating group) is 1. The number of urea groups is 1. The molecule has 0 saturated carbocycles. The van der Waals surface area contributed by atoms with Crippen molar-refractivity contribution in [2.24, 2.45) is 0 Å². The van der Waals surface area contributed by atoms with Crippen molar-refractivity contribution >= 4 is 6.03 Å². The zero-order valence-electron chi connectivity index (χ0n) is 10.4. The number of rotatable bonds is 7. The van der Waals surface area contributed by atoms with Crippen LogP contribution in [0.5, 0.6) is 0 Å². The molecule has 0 spiro atoms. The van der Waals surface area contributed by atoms with E-state index in [2.05, 4.69) is 0 Å². The van der Waals surface area contributed by atoms with E-state index in [0.29, 0.717) is 19.8 Å². The number of carbonyl (C=O) groups is 1. The van der Waals surface area contributed by atoms with Gasteiger partial charge in [-0.2, -0.15) is 0 Å². The van der Waals surface area contributed by atoms with Crippen LogP contribution < -0.4 is 0 Å². The van der Waals surface area contributed by atoms with Gasteiger partial charge in [-0.25, -0.2) is 4.79 Å². The first-order valence-corrected chi connectivity index (χ1v) is 5.92. The highest BCUT2D eigenvalue weighted by Gasteiger charge is 2.25. The standard InChI is InChI=1S/C11H22N2O3/c1-4-15-10(16-5-2)6-7-13-9-8-12(3)11(13)14/h10H,4-9H2,1-3H3. The highest BCUT2D eigenvalue weighted by atomic mass is 16.7. The summed E-state index contributed by atoms with van der Waals surface area (Å²) >= 11 is 0. The molecule has 5 nitrogen and oxygen atoms in total. The summed E-state index contributed by atoms with van der Waals surface area (Å²) in [5.74, 6) is 0. The van der Waals surface area contributed by atoms with Gasteiger partial charge in [0.2, 0.25) is 0 Å². The number of amides is 2. The minimum absolute atomic E-state index is 0.103. The minimum Gasteiger partial charge on any atom is -0.353 e. The zero-order chi connectivity index (χ0) is 12.0. The topological polar surface area (TPSA) is 42.0 Å². The third-order valence-electron chi connectivity index (χ3n) is 2.64. The lowest BCUT2D eigenvalue weighted by atomic mass is 10.4. The van der Waals surface area contributed by atoms with E-state index in [4.69, 9.17) is 9.47 Å². The summed E-state index contributed by atoms with van der Waals surface area (Å²) < 4.78 is 10.9. The van der Waals surface area contributed by atoms with Gasteiger partial charge in [-0.05, 0) is 13.8 Å². The van der Waals surface area contributed by atoms with Gasteiger partial charge in [0, 0.05) is 46.3 Å². The van der Waals surface area contributed by atoms with Crippen molar-refractivity contribution in [1.82, 2.24) is 9.80 Å². The molecule has 5 heteroatoms. The third kappa shape index (κ3) is 3.64. The smallest absolute Gasteiger partial charge is 0.319 e. The van der Waals surface area contributed by atoms with E-state index in [9.17, 15) is 4.79 Å². The molecule has 0 unspecified atom stereocenters. The first-order valence-electron chi connectivity index (χ1n) is 5.92. The number of ether oxygens (including phenoxy) is 2. The Labute approximate surface area is 97.3 Å². The number of nitrogens with zero attached hydrogens (tertiary/aromatic N) is 2. The fourth-order valence-corrected chi connectivity index (χ4v) is 1.76. The predicted octanol–water partition coefficient (Wildman–Crippen LogP) is 1.14. The van der Waals surface area contributed by atoms with Gasteiger partial charge >= 0.3 is 6.03 Å². The van der Waals surface area contributed by atoms with Crippen LogP contribution >= 0.6 is 0 Å². The van der Waals surface area contributed by atoms with Crippen LogP contribution in [0.15, 0.2) is 0 Å². The van der Waals surface area contributed by atoms with Crippen LogP contribution in [0, 0.1) is 0 Å². The first-order chi connectivity index (χ1) is 7.69. The van der Waals surface area contributed by atoms with E-state index in [1.807, 2.05) is 25.8 Å². The summed E-state index contributed by atoms with van der Waals surface area (Å²) in [6, 6.07) is 0.103. The molecule has 0 aromatic heterocycles. The predicted molar refractivity (Wildman–Crippen MR) is 61.3 cm³/mol. The van der Waals surface area contributed by atoms with Crippen molar-refractivity contribution in [2.45, 2.75) is 26.6 Å². The molecule has 1 fully saturated rings. The second-order valence-corrected chi connectivity index (χ2v) is 3.82. The average Bonchev–Trinajstić information content (AvgIpc) is 2.58. The summed E-state index contributed by atoms with van der Waals surface area (Å²) in [5, 5.41) is 0. The molecule has 0 radical (unpaired) electrons. The molecular formula is C11H22N2O3. The molecule has 1 rings (SSSR count). The first kappa shape index (κ1) is 13.3. The van der Waals surface area contributed by atoms with E-state index in [-0.39, 0.29) is 12.3 Å². The van der Waals surface area contributed by atoms with Gasteiger partial charge in [0.25, 0.3) is 0 Å². The van der Waals surface area contributed by atoms with Crippen molar-refractivity contribution in [3.05, 3.63) is 0 Å². The Hall–Kier alpha value is -0.810. The summed E-state index contributed by atoms with van der Waals surface area (Å²) in [7, 11) is 1.82. The largest absolute Gasteiger partial charge is 0.353 e. The Morgan fingerprint density at radius 3 is 2.31 bits per heavy atom. The van der Waals surface area contributed by atoms with Crippen molar-refractivity contribution in [3.63, 3.8) is 0 Å². The monoisotopic (exact) mass is 230 g/mol. The molecule has 0 aromatic rings. The Morgan fingerprint density at radius 1 is 1.25 bits per heavy atom. The van der Waals surface area contributed by atoms with E-state index in [1.54, 1.807) is 4.90 Å². The number of hydrogen-bond acceptors (Lipinski definition) is 3. The lowest BCUT2D eigenvalue weighted by molar-refractivity contribution is -0.140. The number of carbonyl (C=O) groups excluding carboxylic acids is 1. The van der Waals surface area contributed by atoms with Gasteiger partial charge in [0.1, 0.15) is 0 Å². The molecule has 1 aliphatic heterocycles. The molecule has 0 bridgehead atoms. The summed E-state index contributed by atoms with van der Waals surface area (Å²) in [6.45, 7) is 7.49. The lowest BCUT2D eigenvalue weighted by Crippen LogP contribution is -2.33. The van der Waals surface area contributed by atoms with Gasteiger partial charge in [-0.15, -0.1) is 0 Å². The van der Waals surface area contributed by atoms with Crippen LogP contribution in [-0.4, -0.2) is 62.0 Å². The minimum atomic E-state index is -0.186. The van der Waals surface area contributed by atoms with E-state index >= 15 is 0 Å². The summed E-state index contributed by atoms with van der Waals surface area (Å²) in [6.07, 6.45) is 0.551. The molecule has 0 atom stereocenters. The molecule has 1 aliphatic rings. The molecule has 16 heavy (non-hydrogen) atoms. The Balaban J connectivity index is 2.28. The number of hydrogen-bond donors (Lipinski definition) is 0. The van der Waals surface area contributed by atoms with Gasteiger partial charge < -0.3 is 19.3 Å². The van der Waals surface area contributed by atoms with E-state index < -0.39 is 0 Å². The second kappa shape index (κ2) is 6.70. The normalized spacial score (nSPS) is 16.6. The maximum absolute atomic E-state index is 11.6. The van der Waals surface area contributed by atoms with Crippen LogP contribution in [0.3, 0.4) is 0 Å². The Morgan fingerprint density at radius 2 is 1.88 bits per heavy atom. The summed E-state index contributed by atoms with van der Waals surface area (Å²) in [4.78, 5) is 15.2. The third-order valence-corrected chi connectivity index (χ3v) is 2.64. The molecule has 0 aliphatic carbocycles. The molecule has 1 heterocycles. The van der Waals surface area contributed by atoms with Crippen LogP contribution in [0.4, 0.5) is 4.79 Å². The Bertz CT molecular complexity index is 217. The second-order valence-electron chi connectivity index (χ2n) is 3.82. The SMILES string of the molecule is CCOC(CCN1CCN(C)C1=O)OCC. The van der Waals surface area contributed by atoms with Crippen LogP contribution in [0.2, 0.25) is 0 Å². The molecular weight excluding hydrogens is 208 g/mol. The molecule has 2 amide bonds. The quantitative estimate of drug-likeness (QED) is 0.616. The van der Waals surface area contributed by atoms with Crippen LogP contribution in [0.1, 0.15) is 20.3 Å². The lowest BCUT2D eigenvalue weighted by Gasteiger charge is -2.21. The summed E-state index contributed by atoms with van der Waals surface area (Å²) in [5.41, 5.74) is 0. The average molecular weight is 230 g/mol. The maximum Gasteiger partial charge on any atom is 0.319 e. The molecule has 1 saturated heterocycles. The zero-order valence-corrected chi connectivity index (χ0v) is 10.4. The molecule has 0 aromatic carbocycles. The van der Waals surface area contributed by atoms with E-state index in [1.165, 1.54) is 0 Å². The van der Waals surface area contributed by atoms with Crippen LogP contribution in [0.25, 0.3) is 0 Å². The van der Waals surface area contributed by atoms with Crippen molar-refractivity contribution < 1.29 is 14.3 Å². The highest BCUT2D eigenvalue weighted by Crippen LogP contribution is 2.09. The van der Waals surface area contributed by atoms with E-state index in [0.717, 1.165) is 19.5 Å². The van der Waals surface area contributed by atoms with Crippen molar-refractivity contribution in [1.29, 1.82) is 0 Å². The highest BCUT2D eigenvalue weighted by molar-refractivity contribution is 5.76. The Kier molecular flexibility index (Phi) is 5.55. The van der Waals surface area contributed by atoms with Gasteiger partial charge in [-0.3, -0.25) is 0 Å². The fourth-order valence-electron chi connectivity index (χ4n) is 1.76.